The largest absolute Gasteiger partial charge is 0.355 e. The number of sulfonamides is 1. The van der Waals surface area contributed by atoms with Crippen LogP contribution in [0.25, 0.3) is 0 Å². The molecular weight excluding hydrogens is 342 g/mol. The van der Waals surface area contributed by atoms with Crippen molar-refractivity contribution in [3.05, 3.63) is 22.5 Å². The summed E-state index contributed by atoms with van der Waals surface area (Å²) >= 11 is 0. The number of H-pyrrole nitrogens is 1. The monoisotopic (exact) mass is 369 g/mol. The number of rotatable bonds is 6. The van der Waals surface area contributed by atoms with Gasteiger partial charge in [-0.3, -0.25) is 14.5 Å². The fourth-order valence-electron chi connectivity index (χ4n) is 3.61. The molecule has 0 bridgehead atoms. The molecule has 1 unspecified atom stereocenters. The van der Waals surface area contributed by atoms with E-state index in [0.29, 0.717) is 42.8 Å². The Balaban J connectivity index is 2.07. The maximum absolute atomic E-state index is 12.9. The molecule has 1 aromatic rings. The molecule has 8 heteroatoms. The van der Waals surface area contributed by atoms with Gasteiger partial charge in [-0.2, -0.15) is 0 Å². The second-order valence-corrected chi connectivity index (χ2v) is 8.70. The molecule has 25 heavy (non-hydrogen) atoms. The summed E-state index contributed by atoms with van der Waals surface area (Å²) in [7, 11) is -3.21. The minimum atomic E-state index is -3.21. The molecule has 1 aliphatic heterocycles. The first-order chi connectivity index (χ1) is 11.5. The molecule has 0 aromatic carbocycles. The fraction of sp³-hybridized carbons (Fsp3) is 0.647. The van der Waals surface area contributed by atoms with Crippen molar-refractivity contribution >= 4 is 21.6 Å². The first-order valence-corrected chi connectivity index (χ1v) is 10.4. The van der Waals surface area contributed by atoms with Crippen molar-refractivity contribution in [2.45, 2.75) is 52.6 Å². The molecule has 0 radical (unpaired) electrons. The number of aryl methyl sites for hydroxylation is 1. The van der Waals surface area contributed by atoms with Gasteiger partial charge in [-0.25, -0.2) is 13.1 Å². The first kappa shape index (κ1) is 19.8. The zero-order valence-corrected chi connectivity index (χ0v) is 16.3. The van der Waals surface area contributed by atoms with Gasteiger partial charge in [0.25, 0.3) is 0 Å². The van der Waals surface area contributed by atoms with Crippen molar-refractivity contribution in [3.63, 3.8) is 0 Å². The van der Waals surface area contributed by atoms with E-state index in [9.17, 15) is 18.0 Å². The third kappa shape index (κ3) is 4.56. The maximum atomic E-state index is 12.9. The third-order valence-electron chi connectivity index (χ3n) is 4.87. The molecule has 1 aliphatic rings. The number of hydrogen-bond acceptors (Lipinski definition) is 5. The summed E-state index contributed by atoms with van der Waals surface area (Å²) in [6, 6.07) is -0.400. The Bertz CT molecular complexity index is 774. The van der Waals surface area contributed by atoms with Crippen LogP contribution >= 0.6 is 0 Å². The van der Waals surface area contributed by atoms with Gasteiger partial charge in [-0.15, -0.1) is 0 Å². The zero-order valence-electron chi connectivity index (χ0n) is 15.5. The first-order valence-electron chi connectivity index (χ1n) is 8.47. The number of piperidine rings is 1. The Morgan fingerprint density at radius 3 is 2.24 bits per heavy atom. The van der Waals surface area contributed by atoms with E-state index >= 15 is 0 Å². The number of carbonyl (C=O) groups excluding carboxylic acids is 2. The number of Topliss-reactive ketones (excluding diaryl/α,β-unsaturated/α-hetero) is 2. The van der Waals surface area contributed by atoms with E-state index in [2.05, 4.69) is 14.6 Å². The zero-order chi connectivity index (χ0) is 18.9. The molecule has 1 aromatic heterocycles. The van der Waals surface area contributed by atoms with Crippen LogP contribution in [-0.2, 0) is 10.0 Å². The molecule has 0 saturated carbocycles. The van der Waals surface area contributed by atoms with Crippen LogP contribution in [0.1, 0.15) is 58.8 Å². The van der Waals surface area contributed by atoms with E-state index in [1.807, 2.05) is 6.92 Å². The lowest BCUT2D eigenvalue weighted by Crippen LogP contribution is -2.49. The lowest BCUT2D eigenvalue weighted by Gasteiger charge is -2.35. The van der Waals surface area contributed by atoms with E-state index in [1.165, 1.54) is 6.92 Å². The molecule has 1 fully saturated rings. The van der Waals surface area contributed by atoms with Gasteiger partial charge in [0.1, 0.15) is 0 Å². The highest BCUT2D eigenvalue weighted by Gasteiger charge is 2.30. The van der Waals surface area contributed by atoms with Crippen molar-refractivity contribution in [2.75, 3.05) is 19.3 Å². The van der Waals surface area contributed by atoms with Gasteiger partial charge in [0.2, 0.25) is 10.0 Å². The summed E-state index contributed by atoms with van der Waals surface area (Å²) in [4.78, 5) is 29.7. The van der Waals surface area contributed by atoms with Gasteiger partial charge in [-0.05, 0) is 46.1 Å². The topological polar surface area (TPSA) is 99.3 Å². The normalized spacial score (nSPS) is 18.3. The Kier molecular flexibility index (Phi) is 5.86. The lowest BCUT2D eigenvalue weighted by atomic mass is 9.99. The fourth-order valence-corrected chi connectivity index (χ4v) is 4.45. The highest BCUT2D eigenvalue weighted by atomic mass is 32.2. The predicted octanol–water partition coefficient (Wildman–Crippen LogP) is 1.42. The summed E-state index contributed by atoms with van der Waals surface area (Å²) in [5.74, 6) is -0.0896. The van der Waals surface area contributed by atoms with E-state index in [4.69, 9.17) is 0 Å². The second kappa shape index (κ2) is 7.39. The van der Waals surface area contributed by atoms with E-state index < -0.39 is 10.0 Å². The van der Waals surface area contributed by atoms with Crippen molar-refractivity contribution in [1.82, 2.24) is 14.6 Å². The molecule has 2 N–H and O–H groups in total. The molecule has 0 aliphatic carbocycles. The molecule has 7 nitrogen and oxygen atoms in total. The number of likely N-dealkylation sites (tertiary alicyclic amines) is 1. The van der Waals surface area contributed by atoms with Crippen LogP contribution in [0.4, 0.5) is 0 Å². The molecule has 1 saturated heterocycles. The van der Waals surface area contributed by atoms with Crippen LogP contribution in [0.2, 0.25) is 0 Å². The summed E-state index contributed by atoms with van der Waals surface area (Å²) in [6.07, 6.45) is 2.51. The van der Waals surface area contributed by atoms with E-state index in [1.54, 1.807) is 13.8 Å². The van der Waals surface area contributed by atoms with Crippen LogP contribution in [-0.4, -0.2) is 61.3 Å². The number of ketones is 2. The molecule has 2 heterocycles. The smallest absolute Gasteiger partial charge is 0.208 e. The van der Waals surface area contributed by atoms with Crippen LogP contribution in [0, 0.1) is 13.8 Å². The average molecular weight is 369 g/mol. The number of hydrogen-bond donors (Lipinski definition) is 2. The Hall–Kier alpha value is -1.51. The van der Waals surface area contributed by atoms with Gasteiger partial charge in [0.05, 0.1) is 18.0 Å². The van der Waals surface area contributed by atoms with Crippen molar-refractivity contribution in [2.24, 2.45) is 0 Å². The summed E-state index contributed by atoms with van der Waals surface area (Å²) in [5.41, 5.74) is 2.50. The minimum absolute atomic E-state index is 0.0392. The maximum Gasteiger partial charge on any atom is 0.208 e. The average Bonchev–Trinajstić information content (AvgIpc) is 2.79. The Morgan fingerprint density at radius 2 is 1.80 bits per heavy atom. The van der Waals surface area contributed by atoms with Gasteiger partial charge in [0, 0.05) is 30.4 Å². The highest BCUT2D eigenvalue weighted by Crippen LogP contribution is 2.22. The molecule has 1 atom stereocenters. The predicted molar refractivity (Wildman–Crippen MR) is 96.6 cm³/mol. The molecule has 0 amide bonds. The quantitative estimate of drug-likeness (QED) is 0.739. The summed E-state index contributed by atoms with van der Waals surface area (Å²) in [6.45, 7) is 8.25. The molecule has 0 spiro atoms. The van der Waals surface area contributed by atoms with Crippen molar-refractivity contribution in [1.29, 1.82) is 0 Å². The SMILES string of the molecule is CC(=O)c1c(C)[nH]c(C(=O)C(C)N2CCC(NS(C)(=O)=O)CC2)c1C. The van der Waals surface area contributed by atoms with Gasteiger partial charge in [-0.1, -0.05) is 0 Å². The van der Waals surface area contributed by atoms with Gasteiger partial charge >= 0.3 is 0 Å². The highest BCUT2D eigenvalue weighted by molar-refractivity contribution is 7.88. The molecule has 2 rings (SSSR count). The third-order valence-corrected chi connectivity index (χ3v) is 5.63. The van der Waals surface area contributed by atoms with Crippen molar-refractivity contribution in [3.8, 4) is 0 Å². The lowest BCUT2D eigenvalue weighted by molar-refractivity contribution is 0.0788. The summed E-state index contributed by atoms with van der Waals surface area (Å²) in [5, 5.41) is 0. The minimum Gasteiger partial charge on any atom is -0.355 e. The Morgan fingerprint density at radius 1 is 1.24 bits per heavy atom. The standard InChI is InChI=1S/C17H27N3O4S/c1-10-15(13(4)21)11(2)18-16(10)17(22)12(3)20-8-6-14(7-9-20)19-25(5,23)24/h12,14,18-19H,6-9H2,1-5H3. The van der Waals surface area contributed by atoms with Crippen LogP contribution in [0.3, 0.4) is 0 Å². The number of aromatic amines is 1. The van der Waals surface area contributed by atoms with Gasteiger partial charge < -0.3 is 4.98 Å². The number of nitrogens with one attached hydrogen (secondary N) is 2. The number of carbonyl (C=O) groups is 2. The van der Waals surface area contributed by atoms with Crippen molar-refractivity contribution < 1.29 is 18.0 Å². The molecule has 140 valence electrons. The Labute approximate surface area is 149 Å². The van der Waals surface area contributed by atoms with Crippen LogP contribution in [0.15, 0.2) is 0 Å². The number of aromatic nitrogens is 1. The molecular formula is C17H27N3O4S. The number of nitrogens with zero attached hydrogens (tertiary/aromatic N) is 1. The van der Waals surface area contributed by atoms with Gasteiger partial charge in [0.15, 0.2) is 11.6 Å². The van der Waals surface area contributed by atoms with E-state index in [0.717, 1.165) is 11.9 Å². The second-order valence-electron chi connectivity index (χ2n) is 6.92. The van der Waals surface area contributed by atoms with Crippen LogP contribution < -0.4 is 4.72 Å². The van der Waals surface area contributed by atoms with E-state index in [-0.39, 0.29) is 23.7 Å². The van der Waals surface area contributed by atoms with Crippen LogP contribution in [0.5, 0.6) is 0 Å². The summed E-state index contributed by atoms with van der Waals surface area (Å²) < 4.78 is 25.3.